The van der Waals surface area contributed by atoms with Crippen molar-refractivity contribution in [3.05, 3.63) is 98.3 Å². The molecular weight excluding hydrogens is 574 g/mol. The molecule has 0 fully saturated rings. The molecule has 11 heteroatoms. The maximum Gasteiger partial charge on any atom is 0.266 e. The molecule has 0 saturated carbocycles. The molecule has 0 radical (unpaired) electrons. The lowest BCUT2D eigenvalue weighted by Gasteiger charge is -2.29. The number of benzene rings is 1. The summed E-state index contributed by atoms with van der Waals surface area (Å²) < 4.78 is 5.18. The zero-order valence-electron chi connectivity index (χ0n) is 23.7. The van der Waals surface area contributed by atoms with Gasteiger partial charge in [-0.1, -0.05) is 44.5 Å². The second kappa shape index (κ2) is 12.0. The third kappa shape index (κ3) is 6.34. The van der Waals surface area contributed by atoms with Gasteiger partial charge in [0.1, 0.15) is 16.4 Å². The summed E-state index contributed by atoms with van der Waals surface area (Å²) in [6.45, 7) is 6.21. The van der Waals surface area contributed by atoms with Crippen LogP contribution in [0.1, 0.15) is 62.8 Å². The molecule has 1 aromatic carbocycles. The van der Waals surface area contributed by atoms with Crippen molar-refractivity contribution in [2.75, 3.05) is 12.4 Å². The van der Waals surface area contributed by atoms with Crippen LogP contribution >= 0.6 is 22.9 Å². The molecule has 1 aliphatic rings. The Morgan fingerprint density at radius 3 is 2.62 bits per heavy atom. The van der Waals surface area contributed by atoms with Gasteiger partial charge in [-0.15, -0.1) is 11.3 Å². The highest BCUT2D eigenvalue weighted by Crippen LogP contribution is 2.34. The van der Waals surface area contributed by atoms with Crippen molar-refractivity contribution in [3.8, 4) is 5.75 Å². The normalized spacial score (nSPS) is 15.3. The Labute approximate surface area is 252 Å². The number of halogens is 1. The summed E-state index contributed by atoms with van der Waals surface area (Å²) in [6, 6.07) is 13.0. The lowest BCUT2D eigenvalue weighted by atomic mass is 9.98. The van der Waals surface area contributed by atoms with E-state index in [2.05, 4.69) is 15.3 Å². The van der Waals surface area contributed by atoms with Crippen LogP contribution in [-0.2, 0) is 29.6 Å². The lowest BCUT2D eigenvalue weighted by molar-refractivity contribution is -0.122. The van der Waals surface area contributed by atoms with Gasteiger partial charge >= 0.3 is 0 Å². The van der Waals surface area contributed by atoms with Crippen molar-refractivity contribution < 1.29 is 19.1 Å². The Bertz CT molecular complexity index is 1650. The zero-order chi connectivity index (χ0) is 30.0. The quantitative estimate of drug-likeness (QED) is 0.296. The number of nitrogens with one attached hydrogen (secondary N) is 1. The Hall–Kier alpha value is -4.15. The molecule has 42 heavy (non-hydrogen) atoms. The van der Waals surface area contributed by atoms with Crippen LogP contribution in [0.3, 0.4) is 0 Å². The number of rotatable bonds is 7. The molecule has 0 aliphatic carbocycles. The van der Waals surface area contributed by atoms with Crippen molar-refractivity contribution in [2.24, 2.45) is 0 Å². The van der Waals surface area contributed by atoms with E-state index in [1.54, 1.807) is 47.5 Å². The molecule has 1 aliphatic heterocycles. The van der Waals surface area contributed by atoms with Gasteiger partial charge in [-0.05, 0) is 35.9 Å². The van der Waals surface area contributed by atoms with E-state index in [0.29, 0.717) is 33.4 Å². The number of hydrogen-bond acceptors (Lipinski definition) is 8. The second-order valence-corrected chi connectivity index (χ2v) is 12.4. The van der Waals surface area contributed by atoms with E-state index in [-0.39, 0.29) is 47.1 Å². The summed E-state index contributed by atoms with van der Waals surface area (Å²) in [5, 5.41) is 3.73. The first-order chi connectivity index (χ1) is 20.0. The number of ether oxygens (including phenoxy) is 1. The van der Waals surface area contributed by atoms with E-state index in [1.807, 2.05) is 32.9 Å². The van der Waals surface area contributed by atoms with E-state index >= 15 is 0 Å². The first-order valence-corrected chi connectivity index (χ1v) is 14.6. The first-order valence-electron chi connectivity index (χ1n) is 13.4. The predicted molar refractivity (Wildman–Crippen MR) is 161 cm³/mol. The van der Waals surface area contributed by atoms with E-state index in [0.717, 1.165) is 5.01 Å². The van der Waals surface area contributed by atoms with Gasteiger partial charge in [0.15, 0.2) is 5.78 Å². The first kappa shape index (κ1) is 29.3. The molecular formula is C31H30ClN5O4S. The second-order valence-electron chi connectivity index (χ2n) is 11.0. The van der Waals surface area contributed by atoms with Crippen LogP contribution in [0.5, 0.6) is 5.75 Å². The van der Waals surface area contributed by atoms with E-state index in [9.17, 15) is 14.4 Å². The van der Waals surface area contributed by atoms with Crippen molar-refractivity contribution in [1.82, 2.24) is 19.9 Å². The van der Waals surface area contributed by atoms with E-state index < -0.39 is 11.9 Å². The Morgan fingerprint density at radius 2 is 1.93 bits per heavy atom. The van der Waals surface area contributed by atoms with Gasteiger partial charge in [0.25, 0.3) is 11.8 Å². The zero-order valence-corrected chi connectivity index (χ0v) is 25.3. The minimum Gasteiger partial charge on any atom is -0.497 e. The third-order valence-corrected chi connectivity index (χ3v) is 8.68. The molecule has 9 nitrogen and oxygen atoms in total. The predicted octanol–water partition coefficient (Wildman–Crippen LogP) is 5.52. The van der Waals surface area contributed by atoms with Crippen LogP contribution in [0.15, 0.2) is 60.9 Å². The van der Waals surface area contributed by atoms with Crippen LogP contribution in [0, 0.1) is 0 Å². The summed E-state index contributed by atoms with van der Waals surface area (Å²) in [5.41, 5.74) is 1.88. The monoisotopic (exact) mass is 603 g/mol. The highest BCUT2D eigenvalue weighted by atomic mass is 35.5. The number of thiazole rings is 1. The number of nitrogens with zero attached hydrogens (tertiary/aromatic N) is 4. The van der Waals surface area contributed by atoms with Crippen LogP contribution < -0.4 is 10.1 Å². The number of carbonyl (C=O) groups is 3. The molecule has 0 spiro atoms. The average molecular weight is 604 g/mol. The molecule has 1 unspecified atom stereocenters. The molecule has 0 bridgehead atoms. The summed E-state index contributed by atoms with van der Waals surface area (Å²) in [4.78, 5) is 56.0. The number of fused-ring (bicyclic) bond motifs is 1. The van der Waals surface area contributed by atoms with E-state index in [1.165, 1.54) is 24.6 Å². The maximum absolute atomic E-state index is 14.1. The molecule has 0 saturated heterocycles. The van der Waals surface area contributed by atoms with Gasteiger partial charge in [-0.3, -0.25) is 19.4 Å². The highest BCUT2D eigenvalue weighted by Gasteiger charge is 2.39. The summed E-state index contributed by atoms with van der Waals surface area (Å²) in [5.74, 6) is 0.0708. The summed E-state index contributed by atoms with van der Waals surface area (Å²) >= 11 is 7.91. The van der Waals surface area contributed by atoms with Gasteiger partial charge in [0, 0.05) is 42.5 Å². The molecule has 1 N–H and O–H groups in total. The molecule has 5 rings (SSSR count). The van der Waals surface area contributed by atoms with Gasteiger partial charge in [0.2, 0.25) is 0 Å². The Balaban J connectivity index is 1.45. The number of carbonyl (C=O) groups excluding carboxylic acids is 3. The van der Waals surface area contributed by atoms with Gasteiger partial charge < -0.3 is 15.0 Å². The van der Waals surface area contributed by atoms with Gasteiger partial charge in [-0.2, -0.15) is 0 Å². The average Bonchev–Trinajstić information content (AvgIpc) is 3.36. The number of hydrogen-bond donors (Lipinski definition) is 1. The van der Waals surface area contributed by atoms with Crippen molar-refractivity contribution in [3.63, 3.8) is 0 Å². The summed E-state index contributed by atoms with van der Waals surface area (Å²) in [7, 11) is 1.53. The summed E-state index contributed by atoms with van der Waals surface area (Å²) in [6.07, 6.45) is 3.54. The van der Waals surface area contributed by atoms with Crippen LogP contribution in [0.4, 0.5) is 5.82 Å². The topological polar surface area (TPSA) is 114 Å². The number of Topliss-reactive ketones (excluding diaryl/α,β-unsaturated/α-hetero) is 1. The molecule has 4 heterocycles. The number of amides is 2. The molecule has 4 aromatic rings. The molecule has 2 amide bonds. The fourth-order valence-corrected chi connectivity index (χ4v) is 6.02. The third-order valence-electron chi connectivity index (χ3n) is 6.85. The van der Waals surface area contributed by atoms with Gasteiger partial charge in [-0.25, -0.2) is 9.97 Å². The smallest absolute Gasteiger partial charge is 0.266 e. The van der Waals surface area contributed by atoms with Crippen molar-refractivity contribution >= 4 is 46.4 Å². The fourth-order valence-electron chi connectivity index (χ4n) is 4.64. The Kier molecular flexibility index (Phi) is 8.38. The minimum absolute atomic E-state index is 0.0693. The SMILES string of the molecule is COc1ccnc(NC(=O)c2ccc(CN3C(=O)c4sc(C(C)(C)C)nc4CC(=O)C3Cc3ccccn3)cc2Cl)c1. The van der Waals surface area contributed by atoms with Gasteiger partial charge in [0.05, 0.1) is 40.9 Å². The van der Waals surface area contributed by atoms with Crippen LogP contribution in [0.25, 0.3) is 0 Å². The number of aromatic nitrogens is 3. The van der Waals surface area contributed by atoms with Crippen LogP contribution in [-0.4, -0.2) is 50.6 Å². The highest BCUT2D eigenvalue weighted by molar-refractivity contribution is 7.14. The number of anilines is 1. The number of methoxy groups -OCH3 is 1. The number of ketones is 1. The maximum atomic E-state index is 14.1. The largest absolute Gasteiger partial charge is 0.497 e. The standard InChI is InChI=1S/C31H30ClN5O4S/c1-31(2,3)30-35-23-16-25(38)24(14-19-7-5-6-11-33-19)37(29(40)27(23)42-30)17-18-8-9-21(22(32)13-18)28(39)36-26-15-20(41-4)10-12-34-26/h5-13,15,24H,14,16-17H2,1-4H3,(H,34,36,39). The minimum atomic E-state index is -0.743. The number of pyridine rings is 2. The van der Waals surface area contributed by atoms with Crippen LogP contribution in [0.2, 0.25) is 5.02 Å². The fraction of sp³-hybridized carbons (Fsp3) is 0.290. The Morgan fingerprint density at radius 1 is 1.12 bits per heavy atom. The van der Waals surface area contributed by atoms with E-state index in [4.69, 9.17) is 21.3 Å². The molecule has 216 valence electrons. The molecule has 3 aromatic heterocycles. The lowest BCUT2D eigenvalue weighted by Crippen LogP contribution is -2.44. The van der Waals surface area contributed by atoms with Crippen molar-refractivity contribution in [1.29, 1.82) is 0 Å². The molecule has 1 atom stereocenters. The van der Waals surface area contributed by atoms with Crippen molar-refractivity contribution in [2.45, 2.75) is 51.6 Å².